The van der Waals surface area contributed by atoms with E-state index >= 15 is 0 Å². The zero-order valence-corrected chi connectivity index (χ0v) is 11.6. The van der Waals surface area contributed by atoms with Gasteiger partial charge in [-0.25, -0.2) is 0 Å². The summed E-state index contributed by atoms with van der Waals surface area (Å²) in [5, 5.41) is 3.42. The Hall–Kier alpha value is -1.06. The maximum absolute atomic E-state index is 5.30. The van der Waals surface area contributed by atoms with Crippen molar-refractivity contribution in [2.75, 3.05) is 27.2 Å². The van der Waals surface area contributed by atoms with Gasteiger partial charge in [-0.05, 0) is 51.1 Å². The summed E-state index contributed by atoms with van der Waals surface area (Å²) in [7, 11) is 3.75. The quantitative estimate of drug-likeness (QED) is 0.866. The maximum Gasteiger partial charge on any atom is 0.119 e. The Morgan fingerprint density at radius 1 is 1.50 bits per heavy atom. The lowest BCUT2D eigenvalue weighted by Gasteiger charge is -2.27. The molecule has 0 aromatic heterocycles. The van der Waals surface area contributed by atoms with Crippen LogP contribution in [0, 0.1) is 0 Å². The van der Waals surface area contributed by atoms with E-state index in [9.17, 15) is 0 Å². The van der Waals surface area contributed by atoms with Gasteiger partial charge in [0, 0.05) is 18.6 Å². The van der Waals surface area contributed by atoms with E-state index in [0.717, 1.165) is 12.3 Å². The summed E-state index contributed by atoms with van der Waals surface area (Å²) >= 11 is 0. The predicted octanol–water partition coefficient (Wildman–Crippen LogP) is 2.44. The van der Waals surface area contributed by atoms with Gasteiger partial charge in [-0.1, -0.05) is 12.1 Å². The molecule has 2 unspecified atom stereocenters. The second-order valence-corrected chi connectivity index (χ2v) is 5.10. The molecule has 0 bridgehead atoms. The zero-order chi connectivity index (χ0) is 13.0. The Bertz CT molecular complexity index is 381. The van der Waals surface area contributed by atoms with Gasteiger partial charge in [-0.15, -0.1) is 0 Å². The minimum Gasteiger partial charge on any atom is -0.497 e. The van der Waals surface area contributed by atoms with Crippen LogP contribution in [0.5, 0.6) is 5.75 Å². The van der Waals surface area contributed by atoms with Crippen molar-refractivity contribution in [2.45, 2.75) is 31.8 Å². The molecule has 2 rings (SSSR count). The molecule has 1 aromatic rings. The highest BCUT2D eigenvalue weighted by Gasteiger charge is 2.23. The van der Waals surface area contributed by atoms with Crippen LogP contribution in [0.2, 0.25) is 0 Å². The van der Waals surface area contributed by atoms with E-state index in [-0.39, 0.29) is 0 Å². The lowest BCUT2D eigenvalue weighted by Crippen LogP contribution is -2.35. The van der Waals surface area contributed by atoms with Crippen LogP contribution >= 0.6 is 0 Å². The minimum absolute atomic E-state index is 0.376. The van der Waals surface area contributed by atoms with E-state index < -0.39 is 0 Å². The Morgan fingerprint density at radius 2 is 2.33 bits per heavy atom. The summed E-state index contributed by atoms with van der Waals surface area (Å²) in [4.78, 5) is 2.57. The average molecular weight is 248 g/mol. The van der Waals surface area contributed by atoms with Gasteiger partial charge in [0.1, 0.15) is 5.75 Å². The molecular weight excluding hydrogens is 224 g/mol. The number of hydrogen-bond donors (Lipinski definition) is 1. The number of nitrogens with zero attached hydrogens (tertiary/aromatic N) is 1. The van der Waals surface area contributed by atoms with Crippen LogP contribution in [0.3, 0.4) is 0 Å². The number of hydrogen-bond acceptors (Lipinski definition) is 3. The fourth-order valence-electron chi connectivity index (χ4n) is 2.72. The molecule has 0 amide bonds. The monoisotopic (exact) mass is 248 g/mol. The zero-order valence-electron chi connectivity index (χ0n) is 11.6. The van der Waals surface area contributed by atoms with E-state index in [1.54, 1.807) is 7.11 Å². The van der Waals surface area contributed by atoms with Crippen molar-refractivity contribution in [1.82, 2.24) is 10.2 Å². The standard InChI is InChI=1S/C15H24N2O/c1-12-6-5-9-17(12)11-15(16-2)13-7-4-8-14(10-13)18-3/h4,7-8,10,12,15-16H,5-6,9,11H2,1-3H3. The smallest absolute Gasteiger partial charge is 0.119 e. The van der Waals surface area contributed by atoms with Gasteiger partial charge in [-0.3, -0.25) is 4.90 Å². The largest absolute Gasteiger partial charge is 0.497 e. The molecule has 3 heteroatoms. The Labute approximate surface area is 110 Å². The molecule has 18 heavy (non-hydrogen) atoms. The predicted molar refractivity (Wildman–Crippen MR) is 75.1 cm³/mol. The molecular formula is C15H24N2O. The topological polar surface area (TPSA) is 24.5 Å². The van der Waals surface area contributed by atoms with Crippen molar-refractivity contribution in [2.24, 2.45) is 0 Å². The van der Waals surface area contributed by atoms with Crippen LogP contribution in [0.15, 0.2) is 24.3 Å². The molecule has 0 saturated carbocycles. The Kier molecular flexibility index (Phi) is 4.61. The fraction of sp³-hybridized carbons (Fsp3) is 0.600. The van der Waals surface area contributed by atoms with Crippen LogP contribution in [0.4, 0.5) is 0 Å². The lowest BCUT2D eigenvalue weighted by atomic mass is 10.1. The molecule has 3 nitrogen and oxygen atoms in total. The molecule has 1 N–H and O–H groups in total. The normalized spacial score (nSPS) is 22.1. The third kappa shape index (κ3) is 3.03. The highest BCUT2D eigenvalue weighted by Crippen LogP contribution is 2.23. The van der Waals surface area contributed by atoms with Gasteiger partial charge >= 0.3 is 0 Å². The summed E-state index contributed by atoms with van der Waals surface area (Å²) in [6.45, 7) is 4.62. The van der Waals surface area contributed by atoms with Gasteiger partial charge in [-0.2, -0.15) is 0 Å². The number of benzene rings is 1. The van der Waals surface area contributed by atoms with Crippen molar-refractivity contribution in [3.05, 3.63) is 29.8 Å². The van der Waals surface area contributed by atoms with Crippen LogP contribution in [-0.4, -0.2) is 38.2 Å². The lowest BCUT2D eigenvalue weighted by molar-refractivity contribution is 0.241. The van der Waals surface area contributed by atoms with Gasteiger partial charge in [0.25, 0.3) is 0 Å². The van der Waals surface area contributed by atoms with E-state index in [4.69, 9.17) is 4.74 Å². The maximum atomic E-state index is 5.30. The number of ether oxygens (including phenoxy) is 1. The summed E-state index contributed by atoms with van der Waals surface area (Å²) in [5.41, 5.74) is 1.30. The van der Waals surface area contributed by atoms with Gasteiger partial charge in [0.2, 0.25) is 0 Å². The first-order chi connectivity index (χ1) is 8.74. The van der Waals surface area contributed by atoms with Crippen molar-refractivity contribution in [1.29, 1.82) is 0 Å². The van der Waals surface area contributed by atoms with Crippen LogP contribution in [0.1, 0.15) is 31.4 Å². The van der Waals surface area contributed by atoms with Gasteiger partial charge in [0.15, 0.2) is 0 Å². The van der Waals surface area contributed by atoms with Gasteiger partial charge in [0.05, 0.1) is 7.11 Å². The Balaban J connectivity index is 2.07. The molecule has 0 spiro atoms. The molecule has 0 radical (unpaired) electrons. The number of likely N-dealkylation sites (N-methyl/N-ethyl adjacent to an activating group) is 1. The van der Waals surface area contributed by atoms with E-state index in [0.29, 0.717) is 12.1 Å². The van der Waals surface area contributed by atoms with Gasteiger partial charge < -0.3 is 10.1 Å². The van der Waals surface area contributed by atoms with Crippen molar-refractivity contribution >= 4 is 0 Å². The molecule has 100 valence electrons. The highest BCUT2D eigenvalue weighted by molar-refractivity contribution is 5.30. The van der Waals surface area contributed by atoms with E-state index in [2.05, 4.69) is 35.3 Å². The molecule has 0 aliphatic carbocycles. The fourth-order valence-corrected chi connectivity index (χ4v) is 2.72. The number of nitrogens with one attached hydrogen (secondary N) is 1. The minimum atomic E-state index is 0.376. The summed E-state index contributed by atoms with van der Waals surface area (Å²) in [6.07, 6.45) is 2.66. The molecule has 2 atom stereocenters. The highest BCUT2D eigenvalue weighted by atomic mass is 16.5. The molecule has 1 saturated heterocycles. The van der Waals surface area contributed by atoms with E-state index in [1.165, 1.54) is 24.9 Å². The molecule has 1 aliphatic heterocycles. The van der Waals surface area contributed by atoms with E-state index in [1.807, 2.05) is 13.1 Å². The molecule has 1 aliphatic rings. The van der Waals surface area contributed by atoms with Crippen LogP contribution in [-0.2, 0) is 0 Å². The third-order valence-corrected chi connectivity index (χ3v) is 3.95. The number of methoxy groups -OCH3 is 1. The average Bonchev–Trinajstić information content (AvgIpc) is 2.81. The van der Waals surface area contributed by atoms with Crippen molar-refractivity contribution in [3.63, 3.8) is 0 Å². The van der Waals surface area contributed by atoms with Crippen molar-refractivity contribution in [3.8, 4) is 5.75 Å². The molecule has 1 heterocycles. The first-order valence-corrected chi connectivity index (χ1v) is 6.80. The first kappa shape index (κ1) is 13.4. The Morgan fingerprint density at radius 3 is 2.94 bits per heavy atom. The molecule has 1 fully saturated rings. The summed E-state index contributed by atoms with van der Waals surface area (Å²) < 4.78 is 5.30. The SMILES string of the molecule is CNC(CN1CCCC1C)c1cccc(OC)c1. The second-order valence-electron chi connectivity index (χ2n) is 5.10. The van der Waals surface area contributed by atoms with Crippen molar-refractivity contribution < 1.29 is 4.74 Å². The van der Waals surface area contributed by atoms with Crippen LogP contribution in [0.25, 0.3) is 0 Å². The van der Waals surface area contributed by atoms with Crippen LogP contribution < -0.4 is 10.1 Å². The second kappa shape index (κ2) is 6.21. The number of rotatable bonds is 5. The first-order valence-electron chi connectivity index (χ1n) is 6.80. The summed E-state index contributed by atoms with van der Waals surface area (Å²) in [6, 6.07) is 9.44. The molecule has 1 aromatic carbocycles. The number of likely N-dealkylation sites (tertiary alicyclic amines) is 1. The summed E-state index contributed by atoms with van der Waals surface area (Å²) in [5.74, 6) is 0.933. The third-order valence-electron chi connectivity index (χ3n) is 3.95.